The van der Waals surface area contributed by atoms with Crippen molar-refractivity contribution in [1.82, 2.24) is 10.3 Å². The first kappa shape index (κ1) is 13.3. The van der Waals surface area contributed by atoms with E-state index in [-0.39, 0.29) is 0 Å². The molecule has 1 N–H and O–H groups in total. The second-order valence-electron chi connectivity index (χ2n) is 8.57. The number of nitrogens with one attached hydrogen (secondary N) is 1. The van der Waals surface area contributed by atoms with Crippen molar-refractivity contribution in [3.05, 3.63) is 16.1 Å². The summed E-state index contributed by atoms with van der Waals surface area (Å²) in [5.41, 5.74) is 1.59. The number of thiazole rings is 1. The zero-order valence-corrected chi connectivity index (χ0v) is 13.8. The van der Waals surface area contributed by atoms with Gasteiger partial charge in [-0.05, 0) is 62.3 Å². The lowest BCUT2D eigenvalue weighted by Gasteiger charge is -2.64. The van der Waals surface area contributed by atoms with Gasteiger partial charge >= 0.3 is 0 Å². The maximum atomic E-state index is 4.87. The molecule has 2 unspecified atom stereocenters. The van der Waals surface area contributed by atoms with Gasteiger partial charge in [-0.3, -0.25) is 0 Å². The number of hydrogen-bond donors (Lipinski definition) is 1. The summed E-state index contributed by atoms with van der Waals surface area (Å²) in [5.74, 6) is 0.956. The van der Waals surface area contributed by atoms with Crippen LogP contribution in [0.2, 0.25) is 0 Å². The average Bonchev–Trinajstić information content (AvgIpc) is 2.73. The van der Waals surface area contributed by atoms with Gasteiger partial charge in [-0.15, -0.1) is 11.3 Å². The second-order valence-corrected chi connectivity index (χ2v) is 9.69. The molecule has 0 saturated heterocycles. The Hall–Kier alpha value is -0.410. The van der Waals surface area contributed by atoms with Gasteiger partial charge in [-0.25, -0.2) is 4.98 Å². The van der Waals surface area contributed by atoms with Gasteiger partial charge in [0.15, 0.2) is 0 Å². The highest BCUT2D eigenvalue weighted by Gasteiger charge is 2.61. The summed E-state index contributed by atoms with van der Waals surface area (Å²) in [5, 5.41) is 4.70. The van der Waals surface area contributed by atoms with Crippen molar-refractivity contribution in [2.45, 2.75) is 64.3 Å². The highest BCUT2D eigenvalue weighted by atomic mass is 32.1. The van der Waals surface area contributed by atoms with Gasteiger partial charge in [0, 0.05) is 23.0 Å². The van der Waals surface area contributed by atoms with Crippen LogP contribution in [0, 0.1) is 16.7 Å². The molecule has 4 saturated carbocycles. The van der Waals surface area contributed by atoms with Crippen molar-refractivity contribution in [3.8, 4) is 0 Å². The molecular formula is C17H26N2S. The molecular weight excluding hydrogens is 264 g/mol. The smallest absolute Gasteiger partial charge is 0.0990 e. The van der Waals surface area contributed by atoms with Gasteiger partial charge in [0.1, 0.15) is 0 Å². The molecule has 4 aliphatic rings. The van der Waals surface area contributed by atoms with Crippen LogP contribution in [0.15, 0.2) is 6.20 Å². The van der Waals surface area contributed by atoms with E-state index >= 15 is 0 Å². The average molecular weight is 290 g/mol. The Balaban J connectivity index is 1.72. The standard InChI is InChI=1S/C17H26N2S/c1-15-4-12-5-16(2,9-15)11-17(6-12,10-15)14-19-8-13(20-14)7-18-3/h8,12,18H,4-7,9-11H2,1-3H3. The molecule has 110 valence electrons. The first-order chi connectivity index (χ1) is 9.44. The summed E-state index contributed by atoms with van der Waals surface area (Å²) < 4.78 is 0. The predicted molar refractivity (Wildman–Crippen MR) is 84.0 cm³/mol. The Morgan fingerprint density at radius 1 is 1.20 bits per heavy atom. The zero-order chi connectivity index (χ0) is 14.0. The summed E-state index contributed by atoms with van der Waals surface area (Å²) in [6.45, 7) is 6.06. The lowest BCUT2D eigenvalue weighted by atomic mass is 9.40. The van der Waals surface area contributed by atoms with E-state index in [2.05, 4.69) is 25.4 Å². The molecule has 4 bridgehead atoms. The molecule has 20 heavy (non-hydrogen) atoms. The van der Waals surface area contributed by atoms with Gasteiger partial charge in [0.25, 0.3) is 0 Å². The molecule has 0 spiro atoms. The maximum absolute atomic E-state index is 4.87. The van der Waals surface area contributed by atoms with Crippen molar-refractivity contribution in [3.63, 3.8) is 0 Å². The third kappa shape index (κ3) is 1.89. The molecule has 2 atom stereocenters. The Kier molecular flexibility index (Phi) is 2.70. The van der Waals surface area contributed by atoms with Crippen LogP contribution in [0.3, 0.4) is 0 Å². The Labute approximate surface area is 126 Å². The highest BCUT2D eigenvalue weighted by Crippen LogP contribution is 2.70. The van der Waals surface area contributed by atoms with Crippen molar-refractivity contribution in [1.29, 1.82) is 0 Å². The molecule has 1 aromatic rings. The molecule has 0 aliphatic heterocycles. The van der Waals surface area contributed by atoms with Crippen molar-refractivity contribution in [2.24, 2.45) is 16.7 Å². The molecule has 5 rings (SSSR count). The van der Waals surface area contributed by atoms with E-state index in [9.17, 15) is 0 Å². The number of hydrogen-bond acceptors (Lipinski definition) is 3. The Morgan fingerprint density at radius 2 is 1.90 bits per heavy atom. The third-order valence-corrected chi connectivity index (χ3v) is 7.23. The molecule has 2 nitrogen and oxygen atoms in total. The molecule has 0 aromatic carbocycles. The van der Waals surface area contributed by atoms with Crippen molar-refractivity contribution < 1.29 is 0 Å². The van der Waals surface area contributed by atoms with E-state index in [4.69, 9.17) is 4.98 Å². The first-order valence-electron chi connectivity index (χ1n) is 8.04. The largest absolute Gasteiger partial charge is 0.315 e. The maximum Gasteiger partial charge on any atom is 0.0990 e. The Bertz CT molecular complexity index is 517. The summed E-state index contributed by atoms with van der Waals surface area (Å²) in [4.78, 5) is 6.26. The van der Waals surface area contributed by atoms with Crippen LogP contribution in [-0.4, -0.2) is 12.0 Å². The van der Waals surface area contributed by atoms with Crippen LogP contribution in [0.4, 0.5) is 0 Å². The lowest BCUT2D eigenvalue weighted by molar-refractivity contribution is -0.110. The minimum Gasteiger partial charge on any atom is -0.315 e. The Morgan fingerprint density at radius 3 is 2.50 bits per heavy atom. The summed E-state index contributed by atoms with van der Waals surface area (Å²) >= 11 is 1.97. The van der Waals surface area contributed by atoms with Crippen molar-refractivity contribution in [2.75, 3.05) is 7.05 Å². The van der Waals surface area contributed by atoms with E-state index in [1.54, 1.807) is 0 Å². The number of aromatic nitrogens is 1. The van der Waals surface area contributed by atoms with Crippen LogP contribution in [0.5, 0.6) is 0 Å². The van der Waals surface area contributed by atoms with E-state index in [1.807, 2.05) is 18.4 Å². The highest BCUT2D eigenvalue weighted by molar-refractivity contribution is 7.11. The minimum absolute atomic E-state index is 0.416. The molecule has 1 aromatic heterocycles. The molecule has 4 fully saturated rings. The number of rotatable bonds is 3. The lowest BCUT2D eigenvalue weighted by Crippen LogP contribution is -2.56. The van der Waals surface area contributed by atoms with Gasteiger partial charge in [-0.1, -0.05) is 13.8 Å². The van der Waals surface area contributed by atoms with E-state index in [0.717, 1.165) is 12.5 Å². The van der Waals surface area contributed by atoms with Gasteiger partial charge < -0.3 is 5.32 Å². The van der Waals surface area contributed by atoms with Crippen molar-refractivity contribution >= 4 is 11.3 Å². The van der Waals surface area contributed by atoms with Crippen LogP contribution in [-0.2, 0) is 12.0 Å². The third-order valence-electron chi connectivity index (χ3n) is 5.98. The zero-order valence-electron chi connectivity index (χ0n) is 13.0. The van der Waals surface area contributed by atoms with Crippen LogP contribution in [0.25, 0.3) is 0 Å². The SMILES string of the molecule is CNCc1cnc(C23CC4CC(C)(CC(C)(C4)C2)C3)s1. The van der Waals surface area contributed by atoms with Gasteiger partial charge in [-0.2, -0.15) is 0 Å². The molecule has 4 aliphatic carbocycles. The summed E-state index contributed by atoms with van der Waals surface area (Å²) in [7, 11) is 2.02. The molecule has 3 heteroatoms. The van der Waals surface area contributed by atoms with Gasteiger partial charge in [0.2, 0.25) is 0 Å². The molecule has 1 heterocycles. The van der Waals surface area contributed by atoms with Crippen LogP contribution >= 0.6 is 11.3 Å². The number of nitrogens with zero attached hydrogens (tertiary/aromatic N) is 1. The minimum atomic E-state index is 0.416. The fourth-order valence-corrected chi connectivity index (χ4v) is 7.61. The normalized spacial score (nSPS) is 46.0. The fraction of sp³-hybridized carbons (Fsp3) is 0.824. The quantitative estimate of drug-likeness (QED) is 0.906. The van der Waals surface area contributed by atoms with E-state index < -0.39 is 0 Å². The molecule has 0 radical (unpaired) electrons. The van der Waals surface area contributed by atoms with Gasteiger partial charge in [0.05, 0.1) is 5.01 Å². The van der Waals surface area contributed by atoms with E-state index in [0.29, 0.717) is 16.2 Å². The second kappa shape index (κ2) is 4.07. The monoisotopic (exact) mass is 290 g/mol. The van der Waals surface area contributed by atoms with Crippen LogP contribution in [0.1, 0.15) is 62.3 Å². The topological polar surface area (TPSA) is 24.9 Å². The summed E-state index contributed by atoms with van der Waals surface area (Å²) in [6.07, 6.45) is 10.7. The first-order valence-corrected chi connectivity index (χ1v) is 8.86. The van der Waals surface area contributed by atoms with Crippen LogP contribution < -0.4 is 5.32 Å². The summed E-state index contributed by atoms with van der Waals surface area (Å²) in [6, 6.07) is 0. The predicted octanol–water partition coefficient (Wildman–Crippen LogP) is 4.11. The fourth-order valence-electron chi connectivity index (χ4n) is 6.49. The van der Waals surface area contributed by atoms with E-state index in [1.165, 1.54) is 48.4 Å². The molecule has 0 amide bonds.